The Morgan fingerprint density at radius 1 is 1.06 bits per heavy atom. The summed E-state index contributed by atoms with van der Waals surface area (Å²) in [7, 11) is 3.16. The Kier molecular flexibility index (Phi) is 3.21. The molecule has 0 saturated carbocycles. The van der Waals surface area contributed by atoms with Crippen LogP contribution in [-0.2, 0) is 6.42 Å². The van der Waals surface area contributed by atoms with Crippen molar-refractivity contribution in [2.24, 2.45) is 0 Å². The Labute approximate surface area is 106 Å². The minimum absolute atomic E-state index is 0.181. The van der Waals surface area contributed by atoms with Crippen molar-refractivity contribution in [3.05, 3.63) is 28.8 Å². The highest BCUT2D eigenvalue weighted by molar-refractivity contribution is 5.81. The van der Waals surface area contributed by atoms with E-state index in [0.29, 0.717) is 17.9 Å². The van der Waals surface area contributed by atoms with Crippen molar-refractivity contribution in [1.82, 2.24) is 0 Å². The molecule has 4 heteroatoms. The van der Waals surface area contributed by atoms with E-state index in [0.717, 1.165) is 23.1 Å². The van der Waals surface area contributed by atoms with Gasteiger partial charge in [-0.3, -0.25) is 0 Å². The molecule has 1 aromatic carbocycles. The number of nitriles is 2. The van der Waals surface area contributed by atoms with Gasteiger partial charge in [0.2, 0.25) is 0 Å². The van der Waals surface area contributed by atoms with Crippen molar-refractivity contribution < 1.29 is 9.47 Å². The number of rotatable bonds is 2. The van der Waals surface area contributed by atoms with Crippen LogP contribution in [0.1, 0.15) is 17.5 Å². The first-order valence-corrected chi connectivity index (χ1v) is 5.53. The summed E-state index contributed by atoms with van der Waals surface area (Å²) in [5.41, 5.74) is 2.99. The molecule has 0 radical (unpaired) electrons. The number of aryl methyl sites for hydroxylation is 1. The lowest BCUT2D eigenvalue weighted by Crippen LogP contribution is -1.93. The Bertz CT molecular complexity index is 587. The highest BCUT2D eigenvalue weighted by atomic mass is 16.5. The first-order chi connectivity index (χ1) is 8.74. The van der Waals surface area contributed by atoms with E-state index in [1.165, 1.54) is 0 Å². The Balaban J connectivity index is 2.63. The van der Waals surface area contributed by atoms with E-state index < -0.39 is 0 Å². The zero-order valence-corrected chi connectivity index (χ0v) is 10.3. The number of benzene rings is 1. The molecule has 0 aromatic heterocycles. The molecule has 0 N–H and O–H groups in total. The SMILES string of the molecule is COc1cc2c(cc1OC)C(=C(C#N)C#N)CC2. The van der Waals surface area contributed by atoms with Gasteiger partial charge in [-0.1, -0.05) is 0 Å². The van der Waals surface area contributed by atoms with Crippen LogP contribution in [-0.4, -0.2) is 14.2 Å². The minimum Gasteiger partial charge on any atom is -0.493 e. The molecule has 1 aliphatic rings. The van der Waals surface area contributed by atoms with Crippen molar-refractivity contribution in [3.8, 4) is 23.6 Å². The number of ether oxygens (including phenoxy) is 2. The van der Waals surface area contributed by atoms with Gasteiger partial charge in [0.05, 0.1) is 14.2 Å². The molecule has 18 heavy (non-hydrogen) atoms. The van der Waals surface area contributed by atoms with Gasteiger partial charge in [-0.2, -0.15) is 10.5 Å². The molecule has 0 fully saturated rings. The van der Waals surface area contributed by atoms with Crippen LogP contribution in [0.15, 0.2) is 17.7 Å². The first-order valence-electron chi connectivity index (χ1n) is 5.53. The molecule has 0 saturated heterocycles. The standard InChI is InChI=1S/C14H12N2O2/c1-17-13-5-9-3-4-11(10(7-15)8-16)12(9)6-14(13)18-2/h5-6H,3-4H2,1-2H3. The van der Waals surface area contributed by atoms with Crippen LogP contribution >= 0.6 is 0 Å². The van der Waals surface area contributed by atoms with Crippen LogP contribution in [0.2, 0.25) is 0 Å². The molecule has 0 unspecified atom stereocenters. The maximum atomic E-state index is 8.95. The fourth-order valence-corrected chi connectivity index (χ4v) is 2.22. The zero-order chi connectivity index (χ0) is 13.1. The van der Waals surface area contributed by atoms with Gasteiger partial charge < -0.3 is 9.47 Å². The fraction of sp³-hybridized carbons (Fsp3) is 0.286. The van der Waals surface area contributed by atoms with Gasteiger partial charge in [0.1, 0.15) is 17.7 Å². The Hall–Kier alpha value is -2.46. The lowest BCUT2D eigenvalue weighted by Gasteiger charge is -2.10. The van der Waals surface area contributed by atoms with Gasteiger partial charge in [-0.15, -0.1) is 0 Å². The van der Waals surface area contributed by atoms with Crippen LogP contribution in [0.25, 0.3) is 5.57 Å². The van der Waals surface area contributed by atoms with Crippen LogP contribution in [0.3, 0.4) is 0 Å². The summed E-state index contributed by atoms with van der Waals surface area (Å²) < 4.78 is 10.5. The van der Waals surface area contributed by atoms with Gasteiger partial charge in [0.25, 0.3) is 0 Å². The first kappa shape index (κ1) is 12.0. The van der Waals surface area contributed by atoms with Gasteiger partial charge in [-0.05, 0) is 41.7 Å². The lowest BCUT2D eigenvalue weighted by atomic mass is 10.0. The predicted molar refractivity (Wildman–Crippen MR) is 66.0 cm³/mol. The van der Waals surface area contributed by atoms with E-state index in [1.54, 1.807) is 14.2 Å². The second-order valence-corrected chi connectivity index (χ2v) is 3.94. The highest BCUT2D eigenvalue weighted by Crippen LogP contribution is 2.40. The van der Waals surface area contributed by atoms with Crippen molar-refractivity contribution in [1.29, 1.82) is 10.5 Å². The molecule has 2 rings (SSSR count). The monoisotopic (exact) mass is 240 g/mol. The average molecular weight is 240 g/mol. The summed E-state index contributed by atoms with van der Waals surface area (Å²) in [6, 6.07) is 7.64. The molecular weight excluding hydrogens is 228 g/mol. The normalized spacial score (nSPS) is 12.3. The molecule has 4 nitrogen and oxygen atoms in total. The van der Waals surface area contributed by atoms with Crippen LogP contribution < -0.4 is 9.47 Å². The second-order valence-electron chi connectivity index (χ2n) is 3.94. The summed E-state index contributed by atoms with van der Waals surface area (Å²) in [5.74, 6) is 1.29. The van der Waals surface area contributed by atoms with Crippen molar-refractivity contribution in [2.45, 2.75) is 12.8 Å². The molecule has 0 heterocycles. The molecule has 90 valence electrons. The molecule has 0 amide bonds. The predicted octanol–water partition coefficient (Wildman–Crippen LogP) is 2.45. The third-order valence-electron chi connectivity index (χ3n) is 3.10. The smallest absolute Gasteiger partial charge is 0.161 e. The average Bonchev–Trinajstić information content (AvgIpc) is 2.81. The quantitative estimate of drug-likeness (QED) is 0.745. The third kappa shape index (κ3) is 1.78. The maximum Gasteiger partial charge on any atom is 0.161 e. The maximum absolute atomic E-state index is 8.95. The second kappa shape index (κ2) is 4.81. The van der Waals surface area contributed by atoms with Gasteiger partial charge in [0, 0.05) is 0 Å². The molecule has 0 bridgehead atoms. The number of hydrogen-bond acceptors (Lipinski definition) is 4. The van der Waals surface area contributed by atoms with E-state index in [2.05, 4.69) is 0 Å². The summed E-state index contributed by atoms with van der Waals surface area (Å²) in [4.78, 5) is 0. The topological polar surface area (TPSA) is 66.0 Å². The number of allylic oxidation sites excluding steroid dienone is 2. The van der Waals surface area contributed by atoms with E-state index in [1.807, 2.05) is 24.3 Å². The molecule has 0 spiro atoms. The van der Waals surface area contributed by atoms with E-state index >= 15 is 0 Å². The van der Waals surface area contributed by atoms with Gasteiger partial charge in [0.15, 0.2) is 11.5 Å². The van der Waals surface area contributed by atoms with Crippen LogP contribution in [0.5, 0.6) is 11.5 Å². The summed E-state index contributed by atoms with van der Waals surface area (Å²) in [6.45, 7) is 0. The summed E-state index contributed by atoms with van der Waals surface area (Å²) in [5, 5.41) is 17.9. The minimum atomic E-state index is 0.181. The number of fused-ring (bicyclic) bond motifs is 1. The number of methoxy groups -OCH3 is 2. The van der Waals surface area contributed by atoms with Gasteiger partial charge >= 0.3 is 0 Å². The van der Waals surface area contributed by atoms with E-state index in [-0.39, 0.29) is 5.57 Å². The highest BCUT2D eigenvalue weighted by Gasteiger charge is 2.22. The molecule has 0 aliphatic heterocycles. The summed E-state index contributed by atoms with van der Waals surface area (Å²) in [6.07, 6.45) is 1.53. The number of nitrogens with zero attached hydrogens (tertiary/aromatic N) is 2. The molecule has 1 aliphatic carbocycles. The molecule has 1 aromatic rings. The van der Waals surface area contributed by atoms with Crippen molar-refractivity contribution in [3.63, 3.8) is 0 Å². The van der Waals surface area contributed by atoms with Gasteiger partial charge in [-0.25, -0.2) is 0 Å². The van der Waals surface area contributed by atoms with Crippen LogP contribution in [0, 0.1) is 22.7 Å². The molecular formula is C14H12N2O2. The molecule has 0 atom stereocenters. The Morgan fingerprint density at radius 3 is 2.22 bits per heavy atom. The fourth-order valence-electron chi connectivity index (χ4n) is 2.22. The number of hydrogen-bond donors (Lipinski definition) is 0. The third-order valence-corrected chi connectivity index (χ3v) is 3.10. The Morgan fingerprint density at radius 2 is 1.67 bits per heavy atom. The van der Waals surface area contributed by atoms with Crippen LogP contribution in [0.4, 0.5) is 0 Å². The van der Waals surface area contributed by atoms with E-state index in [9.17, 15) is 0 Å². The lowest BCUT2D eigenvalue weighted by molar-refractivity contribution is 0.354. The van der Waals surface area contributed by atoms with Crippen molar-refractivity contribution >= 4 is 5.57 Å². The van der Waals surface area contributed by atoms with E-state index in [4.69, 9.17) is 20.0 Å². The van der Waals surface area contributed by atoms with Crippen molar-refractivity contribution in [2.75, 3.05) is 14.2 Å². The summed E-state index contributed by atoms with van der Waals surface area (Å²) >= 11 is 0. The largest absolute Gasteiger partial charge is 0.493 e. The zero-order valence-electron chi connectivity index (χ0n) is 10.3.